The highest BCUT2D eigenvalue weighted by Crippen LogP contribution is 2.22. The fourth-order valence-corrected chi connectivity index (χ4v) is 1.81. The first kappa shape index (κ1) is 14.2. The van der Waals surface area contributed by atoms with E-state index in [4.69, 9.17) is 4.74 Å². The van der Waals surface area contributed by atoms with Crippen LogP contribution in [0.4, 0.5) is 0 Å². The largest absolute Gasteiger partial charge is 0.460 e. The van der Waals surface area contributed by atoms with E-state index in [1.165, 1.54) is 0 Å². The highest BCUT2D eigenvalue weighted by molar-refractivity contribution is 9.10. The summed E-state index contributed by atoms with van der Waals surface area (Å²) in [5, 5.41) is 0. The molecule has 1 aromatic rings. The molecule has 0 aliphatic heterocycles. The van der Waals surface area contributed by atoms with Gasteiger partial charge in [-0.2, -0.15) is 0 Å². The Morgan fingerprint density at radius 3 is 2.29 bits per heavy atom. The van der Waals surface area contributed by atoms with Gasteiger partial charge in [-0.25, -0.2) is 0 Å². The zero-order valence-electron chi connectivity index (χ0n) is 10.8. The van der Waals surface area contributed by atoms with E-state index in [1.54, 1.807) is 0 Å². The quantitative estimate of drug-likeness (QED) is 0.778. The Bertz CT molecular complexity index is 376. The predicted octanol–water partition coefficient (Wildman–Crippen LogP) is 4.28. The van der Waals surface area contributed by atoms with Gasteiger partial charge in [0.1, 0.15) is 5.60 Å². The van der Waals surface area contributed by atoms with Crippen molar-refractivity contribution in [2.75, 3.05) is 0 Å². The molecule has 0 saturated heterocycles. The molecule has 0 spiro atoms. The summed E-state index contributed by atoms with van der Waals surface area (Å²) < 4.78 is 6.35. The van der Waals surface area contributed by atoms with Gasteiger partial charge in [-0.3, -0.25) is 4.79 Å². The highest BCUT2D eigenvalue weighted by Gasteiger charge is 2.19. The Hall–Kier alpha value is -0.830. The Morgan fingerprint density at radius 2 is 1.82 bits per heavy atom. The van der Waals surface area contributed by atoms with Crippen LogP contribution in [0.25, 0.3) is 0 Å². The molecule has 0 radical (unpaired) electrons. The SMILES string of the molecule is CC(CC(=O)OC(C)(C)C)c1ccc(Br)cc1. The summed E-state index contributed by atoms with van der Waals surface area (Å²) in [6, 6.07) is 8.03. The topological polar surface area (TPSA) is 26.3 Å². The van der Waals surface area contributed by atoms with Crippen molar-refractivity contribution in [1.82, 2.24) is 0 Å². The smallest absolute Gasteiger partial charge is 0.306 e. The molecule has 1 atom stereocenters. The molecule has 0 bridgehead atoms. The van der Waals surface area contributed by atoms with Crippen LogP contribution >= 0.6 is 15.9 Å². The summed E-state index contributed by atoms with van der Waals surface area (Å²) in [7, 11) is 0. The minimum atomic E-state index is -0.406. The second-order valence-corrected chi connectivity index (χ2v) is 6.16. The van der Waals surface area contributed by atoms with Gasteiger partial charge >= 0.3 is 5.97 Å². The maximum Gasteiger partial charge on any atom is 0.306 e. The fraction of sp³-hybridized carbons (Fsp3) is 0.500. The summed E-state index contributed by atoms with van der Waals surface area (Å²) in [6.45, 7) is 7.69. The number of esters is 1. The average Bonchev–Trinajstić information content (AvgIpc) is 2.15. The number of rotatable bonds is 3. The molecule has 0 fully saturated rings. The van der Waals surface area contributed by atoms with Gasteiger partial charge in [0.15, 0.2) is 0 Å². The monoisotopic (exact) mass is 298 g/mol. The lowest BCUT2D eigenvalue weighted by atomic mass is 9.98. The summed E-state index contributed by atoms with van der Waals surface area (Å²) >= 11 is 3.39. The van der Waals surface area contributed by atoms with Gasteiger partial charge in [0, 0.05) is 4.47 Å². The first-order chi connectivity index (χ1) is 7.78. The molecule has 0 aliphatic carbocycles. The zero-order valence-corrected chi connectivity index (χ0v) is 12.4. The van der Waals surface area contributed by atoms with Crippen molar-refractivity contribution in [1.29, 1.82) is 0 Å². The normalized spacial score (nSPS) is 13.2. The standard InChI is InChI=1S/C14H19BrO2/c1-10(9-13(16)17-14(2,3)4)11-5-7-12(15)8-6-11/h5-8,10H,9H2,1-4H3. The molecule has 94 valence electrons. The lowest BCUT2D eigenvalue weighted by molar-refractivity contribution is -0.155. The third kappa shape index (κ3) is 5.35. The maximum atomic E-state index is 11.7. The van der Waals surface area contributed by atoms with Crippen molar-refractivity contribution in [2.24, 2.45) is 0 Å². The van der Waals surface area contributed by atoms with Gasteiger partial charge in [-0.15, -0.1) is 0 Å². The molecule has 1 unspecified atom stereocenters. The van der Waals surface area contributed by atoms with Gasteiger partial charge in [-0.1, -0.05) is 35.0 Å². The van der Waals surface area contributed by atoms with Crippen LogP contribution in [0, 0.1) is 0 Å². The summed E-state index contributed by atoms with van der Waals surface area (Å²) in [4.78, 5) is 11.7. The minimum Gasteiger partial charge on any atom is -0.460 e. The maximum absolute atomic E-state index is 11.7. The lowest BCUT2D eigenvalue weighted by Crippen LogP contribution is -2.24. The second kappa shape index (κ2) is 5.67. The Balaban J connectivity index is 2.57. The van der Waals surface area contributed by atoms with E-state index in [1.807, 2.05) is 52.0 Å². The highest BCUT2D eigenvalue weighted by atomic mass is 79.9. The molecule has 0 saturated carbocycles. The van der Waals surface area contributed by atoms with E-state index in [0.717, 1.165) is 10.0 Å². The number of carbonyl (C=O) groups excluding carboxylic acids is 1. The number of ether oxygens (including phenoxy) is 1. The zero-order chi connectivity index (χ0) is 13.1. The summed E-state index contributed by atoms with van der Waals surface area (Å²) in [6.07, 6.45) is 0.416. The molecular formula is C14H19BrO2. The van der Waals surface area contributed by atoms with Crippen LogP contribution in [0.5, 0.6) is 0 Å². The molecule has 1 aromatic carbocycles. The van der Waals surface area contributed by atoms with Crippen LogP contribution in [-0.2, 0) is 9.53 Å². The molecule has 1 rings (SSSR count). The van der Waals surface area contributed by atoms with E-state index >= 15 is 0 Å². The number of halogens is 1. The van der Waals surface area contributed by atoms with Crippen LogP contribution in [0.1, 0.15) is 45.6 Å². The molecule has 17 heavy (non-hydrogen) atoms. The van der Waals surface area contributed by atoms with E-state index in [2.05, 4.69) is 15.9 Å². The molecule has 0 aliphatic rings. The molecule has 2 nitrogen and oxygen atoms in total. The molecule has 0 heterocycles. The Kier molecular flexibility index (Phi) is 4.75. The van der Waals surface area contributed by atoms with Crippen molar-refractivity contribution in [3.05, 3.63) is 34.3 Å². The number of hydrogen-bond donors (Lipinski definition) is 0. The van der Waals surface area contributed by atoms with E-state index in [9.17, 15) is 4.79 Å². The lowest BCUT2D eigenvalue weighted by Gasteiger charge is -2.21. The first-order valence-electron chi connectivity index (χ1n) is 5.75. The van der Waals surface area contributed by atoms with Crippen molar-refractivity contribution in [2.45, 2.75) is 45.6 Å². The van der Waals surface area contributed by atoms with Crippen LogP contribution in [0.3, 0.4) is 0 Å². The van der Waals surface area contributed by atoms with Gasteiger partial charge in [0.2, 0.25) is 0 Å². The number of hydrogen-bond acceptors (Lipinski definition) is 2. The molecule has 0 aromatic heterocycles. The van der Waals surface area contributed by atoms with Crippen LogP contribution in [0.2, 0.25) is 0 Å². The third-order valence-electron chi connectivity index (χ3n) is 2.33. The van der Waals surface area contributed by atoms with Crippen molar-refractivity contribution in [3.63, 3.8) is 0 Å². The van der Waals surface area contributed by atoms with Gasteiger partial charge in [-0.05, 0) is 44.4 Å². The Morgan fingerprint density at radius 1 is 1.29 bits per heavy atom. The van der Waals surface area contributed by atoms with Crippen LogP contribution in [-0.4, -0.2) is 11.6 Å². The third-order valence-corrected chi connectivity index (χ3v) is 2.86. The summed E-state index contributed by atoms with van der Waals surface area (Å²) in [5.41, 5.74) is 0.746. The van der Waals surface area contributed by atoms with E-state index in [0.29, 0.717) is 6.42 Å². The molecule has 0 N–H and O–H groups in total. The van der Waals surface area contributed by atoms with Gasteiger partial charge in [0.25, 0.3) is 0 Å². The van der Waals surface area contributed by atoms with Crippen molar-refractivity contribution in [3.8, 4) is 0 Å². The average molecular weight is 299 g/mol. The molecule has 0 amide bonds. The minimum absolute atomic E-state index is 0.145. The van der Waals surface area contributed by atoms with Crippen molar-refractivity contribution < 1.29 is 9.53 Å². The first-order valence-corrected chi connectivity index (χ1v) is 6.54. The van der Waals surface area contributed by atoms with E-state index < -0.39 is 5.60 Å². The van der Waals surface area contributed by atoms with E-state index in [-0.39, 0.29) is 11.9 Å². The van der Waals surface area contributed by atoms with Crippen LogP contribution < -0.4 is 0 Å². The molecular weight excluding hydrogens is 280 g/mol. The van der Waals surface area contributed by atoms with Crippen LogP contribution in [0.15, 0.2) is 28.7 Å². The van der Waals surface area contributed by atoms with Gasteiger partial charge < -0.3 is 4.74 Å². The second-order valence-electron chi connectivity index (χ2n) is 5.24. The predicted molar refractivity (Wildman–Crippen MR) is 73.0 cm³/mol. The number of benzene rings is 1. The Labute approximate surface area is 111 Å². The van der Waals surface area contributed by atoms with Gasteiger partial charge in [0.05, 0.1) is 6.42 Å². The number of carbonyl (C=O) groups is 1. The fourth-order valence-electron chi connectivity index (χ4n) is 1.54. The summed E-state index contributed by atoms with van der Waals surface area (Å²) in [5.74, 6) is 0.0332. The van der Waals surface area contributed by atoms with Crippen molar-refractivity contribution >= 4 is 21.9 Å². The molecule has 3 heteroatoms.